The molecule has 0 spiro atoms. The molecule has 1 heterocycles. The number of imidazole rings is 1. The summed E-state index contributed by atoms with van der Waals surface area (Å²) < 4.78 is 13.8. The lowest BCUT2D eigenvalue weighted by Gasteiger charge is -2.36. The minimum atomic E-state index is -0.922. The van der Waals surface area contributed by atoms with Crippen molar-refractivity contribution < 1.29 is 19.1 Å². The predicted molar refractivity (Wildman–Crippen MR) is 102 cm³/mol. The minimum Gasteiger partial charge on any atom is -0.481 e. The second-order valence-corrected chi connectivity index (χ2v) is 7.35. The van der Waals surface area contributed by atoms with Crippen LogP contribution >= 0.6 is 0 Å². The first kappa shape index (κ1) is 18.2. The summed E-state index contributed by atoms with van der Waals surface area (Å²) in [6.07, 6.45) is 2.22. The summed E-state index contributed by atoms with van der Waals surface area (Å²) in [6, 6.07) is 11.8. The van der Waals surface area contributed by atoms with E-state index in [1.54, 1.807) is 36.4 Å². The number of amides is 1. The van der Waals surface area contributed by atoms with Crippen molar-refractivity contribution in [2.75, 3.05) is 5.32 Å². The van der Waals surface area contributed by atoms with Crippen molar-refractivity contribution >= 4 is 28.6 Å². The number of aromatic amines is 1. The van der Waals surface area contributed by atoms with Gasteiger partial charge in [-0.2, -0.15) is 0 Å². The number of carbonyl (C=O) groups is 2. The number of fused-ring (bicyclic) bond motifs is 1. The van der Waals surface area contributed by atoms with E-state index in [-0.39, 0.29) is 18.1 Å². The van der Waals surface area contributed by atoms with E-state index in [0.29, 0.717) is 41.9 Å². The highest BCUT2D eigenvalue weighted by Crippen LogP contribution is 2.44. The van der Waals surface area contributed by atoms with Gasteiger partial charge < -0.3 is 15.4 Å². The average molecular weight is 381 g/mol. The van der Waals surface area contributed by atoms with Gasteiger partial charge in [-0.1, -0.05) is 24.6 Å². The first-order chi connectivity index (χ1) is 13.4. The van der Waals surface area contributed by atoms with Crippen molar-refractivity contribution in [2.24, 2.45) is 5.41 Å². The van der Waals surface area contributed by atoms with E-state index >= 15 is 0 Å². The Kier molecular flexibility index (Phi) is 4.58. The first-order valence-electron chi connectivity index (χ1n) is 9.20. The normalized spacial score (nSPS) is 15.2. The molecule has 0 unspecified atom stereocenters. The maximum absolute atomic E-state index is 13.8. The van der Waals surface area contributed by atoms with E-state index in [4.69, 9.17) is 0 Å². The number of H-pyrrole nitrogens is 1. The fourth-order valence-electron chi connectivity index (χ4n) is 3.63. The molecule has 7 heteroatoms. The van der Waals surface area contributed by atoms with Crippen LogP contribution in [0.1, 0.15) is 37.1 Å². The number of hydrogen-bond donors (Lipinski definition) is 3. The van der Waals surface area contributed by atoms with Crippen LogP contribution < -0.4 is 5.32 Å². The topological polar surface area (TPSA) is 95.1 Å². The molecule has 0 radical (unpaired) electrons. The minimum absolute atomic E-state index is 0.0259. The van der Waals surface area contributed by atoms with Gasteiger partial charge in [0.25, 0.3) is 0 Å². The Bertz CT molecular complexity index is 1060. The molecule has 6 nitrogen and oxygen atoms in total. The molecule has 144 valence electrons. The summed E-state index contributed by atoms with van der Waals surface area (Å²) in [7, 11) is 0. The highest BCUT2D eigenvalue weighted by atomic mass is 19.1. The van der Waals surface area contributed by atoms with Crippen LogP contribution in [0.15, 0.2) is 42.5 Å². The van der Waals surface area contributed by atoms with Crippen LogP contribution in [0.2, 0.25) is 0 Å². The Balaban J connectivity index is 1.48. The standard InChI is InChI=1S/C21H20FN3O3/c22-15-5-2-1-4-13(15)10-18-24-16-7-6-14(11-17(16)25-18)23-19(26)12-21(20(27)28)8-3-9-21/h1-2,4-7,11H,3,8-10,12H2,(H,23,26)(H,24,25)(H,27,28). The lowest BCUT2D eigenvalue weighted by molar-refractivity contribution is -0.157. The molecule has 4 rings (SSSR count). The molecule has 28 heavy (non-hydrogen) atoms. The maximum Gasteiger partial charge on any atom is 0.310 e. The van der Waals surface area contributed by atoms with Gasteiger partial charge in [0.1, 0.15) is 11.6 Å². The molecule has 0 aliphatic heterocycles. The number of carbonyl (C=O) groups excluding carboxylic acids is 1. The number of nitrogens with zero attached hydrogens (tertiary/aromatic N) is 1. The van der Waals surface area contributed by atoms with Gasteiger partial charge in [-0.25, -0.2) is 9.37 Å². The van der Waals surface area contributed by atoms with Gasteiger partial charge in [0.15, 0.2) is 0 Å². The zero-order valence-electron chi connectivity index (χ0n) is 15.2. The second-order valence-electron chi connectivity index (χ2n) is 7.35. The molecule has 1 amide bonds. The number of halogens is 1. The third-order valence-electron chi connectivity index (χ3n) is 5.39. The predicted octanol–water partition coefficient (Wildman–Crippen LogP) is 3.88. The monoisotopic (exact) mass is 381 g/mol. The van der Waals surface area contributed by atoms with E-state index < -0.39 is 11.4 Å². The summed E-state index contributed by atoms with van der Waals surface area (Å²) >= 11 is 0. The van der Waals surface area contributed by atoms with Crippen molar-refractivity contribution in [3.05, 3.63) is 59.7 Å². The Morgan fingerprint density at radius 1 is 1.21 bits per heavy atom. The number of carboxylic acids is 1. The van der Waals surface area contributed by atoms with Crippen LogP contribution in [0.25, 0.3) is 11.0 Å². The van der Waals surface area contributed by atoms with Gasteiger partial charge in [-0.15, -0.1) is 0 Å². The Hall–Kier alpha value is -3.22. The van der Waals surface area contributed by atoms with E-state index in [1.165, 1.54) is 6.07 Å². The smallest absolute Gasteiger partial charge is 0.310 e. The molecule has 3 aromatic rings. The third-order valence-corrected chi connectivity index (χ3v) is 5.39. The van der Waals surface area contributed by atoms with Crippen LogP contribution in [-0.4, -0.2) is 27.0 Å². The molecule has 1 aliphatic carbocycles. The summed E-state index contributed by atoms with van der Waals surface area (Å²) in [5, 5.41) is 12.1. The third kappa shape index (κ3) is 3.47. The molecule has 0 saturated heterocycles. The molecular weight excluding hydrogens is 361 g/mol. The van der Waals surface area contributed by atoms with Gasteiger partial charge in [-0.3, -0.25) is 9.59 Å². The molecular formula is C21H20FN3O3. The molecule has 2 aromatic carbocycles. The largest absolute Gasteiger partial charge is 0.481 e. The van der Waals surface area contributed by atoms with Crippen LogP contribution in [-0.2, 0) is 16.0 Å². The molecule has 1 saturated carbocycles. The van der Waals surface area contributed by atoms with Crippen molar-refractivity contribution in [2.45, 2.75) is 32.1 Å². The van der Waals surface area contributed by atoms with E-state index in [1.807, 2.05) is 0 Å². The SMILES string of the molecule is O=C(CC1(C(=O)O)CCC1)Nc1ccc2nc(Cc3ccccc3F)[nH]c2c1. The zero-order valence-corrected chi connectivity index (χ0v) is 15.2. The zero-order chi connectivity index (χ0) is 19.7. The van der Waals surface area contributed by atoms with Crippen LogP contribution in [0.5, 0.6) is 0 Å². The van der Waals surface area contributed by atoms with Crippen molar-refractivity contribution in [3.8, 4) is 0 Å². The lowest BCUT2D eigenvalue weighted by atomic mass is 9.66. The highest BCUT2D eigenvalue weighted by molar-refractivity contribution is 5.96. The maximum atomic E-state index is 13.8. The van der Waals surface area contributed by atoms with Crippen molar-refractivity contribution in [1.29, 1.82) is 0 Å². The molecule has 1 fully saturated rings. The van der Waals surface area contributed by atoms with Gasteiger partial charge in [-0.05, 0) is 42.7 Å². The summed E-state index contributed by atoms with van der Waals surface area (Å²) in [6.45, 7) is 0. The van der Waals surface area contributed by atoms with Crippen LogP contribution in [0.3, 0.4) is 0 Å². The first-order valence-corrected chi connectivity index (χ1v) is 9.20. The van der Waals surface area contributed by atoms with Gasteiger partial charge >= 0.3 is 5.97 Å². The summed E-state index contributed by atoms with van der Waals surface area (Å²) in [4.78, 5) is 31.3. The second kappa shape index (κ2) is 7.07. The van der Waals surface area contributed by atoms with E-state index in [9.17, 15) is 19.1 Å². The number of aliphatic carboxylic acids is 1. The Labute approximate surface area is 160 Å². The number of anilines is 1. The van der Waals surface area contributed by atoms with E-state index in [0.717, 1.165) is 11.9 Å². The number of benzene rings is 2. The molecule has 1 aromatic heterocycles. The molecule has 0 bridgehead atoms. The molecule has 1 aliphatic rings. The van der Waals surface area contributed by atoms with Gasteiger partial charge in [0, 0.05) is 18.5 Å². The average Bonchev–Trinajstić information content (AvgIpc) is 3.01. The molecule has 0 atom stereocenters. The van der Waals surface area contributed by atoms with Crippen LogP contribution in [0.4, 0.5) is 10.1 Å². The highest BCUT2D eigenvalue weighted by Gasteiger charge is 2.45. The van der Waals surface area contributed by atoms with Gasteiger partial charge in [0.2, 0.25) is 5.91 Å². The quantitative estimate of drug-likeness (QED) is 0.604. The van der Waals surface area contributed by atoms with Crippen molar-refractivity contribution in [1.82, 2.24) is 9.97 Å². The Morgan fingerprint density at radius 3 is 2.68 bits per heavy atom. The number of carboxylic acid groups (broad SMARTS) is 1. The number of nitrogens with one attached hydrogen (secondary N) is 2. The number of hydrogen-bond acceptors (Lipinski definition) is 3. The van der Waals surface area contributed by atoms with Crippen LogP contribution in [0, 0.1) is 11.2 Å². The Morgan fingerprint density at radius 2 is 2.00 bits per heavy atom. The fraction of sp³-hybridized carbons (Fsp3) is 0.286. The van der Waals surface area contributed by atoms with E-state index in [2.05, 4.69) is 15.3 Å². The van der Waals surface area contributed by atoms with Gasteiger partial charge in [0.05, 0.1) is 16.4 Å². The summed E-state index contributed by atoms with van der Waals surface area (Å²) in [5.74, 6) is -0.870. The lowest BCUT2D eigenvalue weighted by Crippen LogP contribution is -2.41. The summed E-state index contributed by atoms with van der Waals surface area (Å²) in [5.41, 5.74) is 1.63. The van der Waals surface area contributed by atoms with Crippen molar-refractivity contribution in [3.63, 3.8) is 0 Å². The number of aromatic nitrogens is 2. The molecule has 3 N–H and O–H groups in total. The number of rotatable bonds is 6. The fourth-order valence-corrected chi connectivity index (χ4v) is 3.63.